The molecule has 0 amide bonds. The molecule has 0 aliphatic carbocycles. The molecule has 1 heterocycles. The summed E-state index contributed by atoms with van der Waals surface area (Å²) in [5.41, 5.74) is 5.13. The van der Waals surface area contributed by atoms with Gasteiger partial charge >= 0.3 is 0 Å². The third-order valence-corrected chi connectivity index (χ3v) is 7.81. The molecule has 0 spiro atoms. The van der Waals surface area contributed by atoms with Crippen molar-refractivity contribution in [1.82, 2.24) is 9.97 Å². The summed E-state index contributed by atoms with van der Waals surface area (Å²) >= 11 is 0. The molecule has 0 saturated carbocycles. The molecule has 186 valence electrons. The van der Waals surface area contributed by atoms with Crippen LogP contribution >= 0.6 is 0 Å². The number of rotatable bonds is 3. The lowest BCUT2D eigenvalue weighted by Gasteiger charge is -2.16. The van der Waals surface area contributed by atoms with Gasteiger partial charge in [-0.25, -0.2) is 9.97 Å². The van der Waals surface area contributed by atoms with Crippen LogP contribution in [0.1, 0.15) is 0 Å². The topological polar surface area (TPSA) is 25.8 Å². The highest BCUT2D eigenvalue weighted by atomic mass is 14.9. The van der Waals surface area contributed by atoms with Crippen molar-refractivity contribution in [1.29, 1.82) is 0 Å². The van der Waals surface area contributed by atoms with Crippen molar-refractivity contribution in [2.75, 3.05) is 0 Å². The monoisotopic (exact) mass is 508 g/mol. The Balaban J connectivity index is 1.53. The van der Waals surface area contributed by atoms with E-state index in [1.165, 1.54) is 43.1 Å². The van der Waals surface area contributed by atoms with Crippen molar-refractivity contribution in [3.05, 3.63) is 146 Å². The molecule has 0 saturated heterocycles. The van der Waals surface area contributed by atoms with Gasteiger partial charge < -0.3 is 0 Å². The molecule has 1 aromatic heterocycles. The van der Waals surface area contributed by atoms with Gasteiger partial charge in [-0.1, -0.05) is 127 Å². The molecule has 40 heavy (non-hydrogen) atoms. The van der Waals surface area contributed by atoms with Crippen molar-refractivity contribution in [2.45, 2.75) is 0 Å². The molecule has 2 heteroatoms. The zero-order chi connectivity index (χ0) is 26.5. The molecular formula is C38H24N2. The van der Waals surface area contributed by atoms with Gasteiger partial charge in [-0.2, -0.15) is 0 Å². The molecule has 0 bridgehead atoms. The predicted octanol–water partition coefficient (Wildman–Crippen LogP) is 10.1. The minimum absolute atomic E-state index is 0.724. The van der Waals surface area contributed by atoms with Crippen LogP contribution in [-0.4, -0.2) is 9.97 Å². The van der Waals surface area contributed by atoms with Crippen LogP contribution in [0.25, 0.3) is 77.0 Å². The highest BCUT2D eigenvalue weighted by Crippen LogP contribution is 2.40. The quantitative estimate of drug-likeness (QED) is 0.222. The fourth-order valence-electron chi connectivity index (χ4n) is 6.00. The number of nitrogens with zero attached hydrogens (tertiary/aromatic N) is 2. The molecule has 7 aromatic carbocycles. The Morgan fingerprint density at radius 1 is 0.325 bits per heavy atom. The second kappa shape index (κ2) is 9.14. The summed E-state index contributed by atoms with van der Waals surface area (Å²) in [6.07, 6.45) is 0. The molecule has 8 rings (SSSR count). The first-order chi connectivity index (χ1) is 19.8. The van der Waals surface area contributed by atoms with E-state index in [0.29, 0.717) is 0 Å². The van der Waals surface area contributed by atoms with Crippen LogP contribution in [0.5, 0.6) is 0 Å². The van der Waals surface area contributed by atoms with Crippen LogP contribution in [0.15, 0.2) is 146 Å². The third-order valence-electron chi connectivity index (χ3n) is 7.81. The maximum atomic E-state index is 5.25. The maximum Gasteiger partial charge on any atom is 0.160 e. The van der Waals surface area contributed by atoms with E-state index in [1.54, 1.807) is 0 Å². The summed E-state index contributed by atoms with van der Waals surface area (Å²) in [5, 5.41) is 9.56. The van der Waals surface area contributed by atoms with E-state index in [-0.39, 0.29) is 0 Å². The van der Waals surface area contributed by atoms with Gasteiger partial charge in [0.15, 0.2) is 5.82 Å². The first-order valence-electron chi connectivity index (χ1n) is 13.6. The SMILES string of the molecule is c1ccc(-c2nc(-c3c4ccccc4cc4ccccc34)cc(-c3c4ccccc4cc4ccccc34)n2)cc1. The molecule has 0 unspecified atom stereocenters. The molecule has 0 aliphatic heterocycles. The summed E-state index contributed by atoms with van der Waals surface area (Å²) in [6.45, 7) is 0. The third kappa shape index (κ3) is 3.65. The molecule has 0 aliphatic rings. The van der Waals surface area contributed by atoms with Crippen molar-refractivity contribution < 1.29 is 0 Å². The zero-order valence-corrected chi connectivity index (χ0v) is 21.8. The van der Waals surface area contributed by atoms with Gasteiger partial charge in [0.1, 0.15) is 0 Å². The van der Waals surface area contributed by atoms with Gasteiger partial charge in [-0.3, -0.25) is 0 Å². The molecule has 8 aromatic rings. The Bertz CT molecular complexity index is 1970. The normalized spacial score (nSPS) is 11.5. The lowest BCUT2D eigenvalue weighted by atomic mass is 9.92. The van der Waals surface area contributed by atoms with Crippen LogP contribution in [0.4, 0.5) is 0 Å². The van der Waals surface area contributed by atoms with Gasteiger partial charge in [-0.15, -0.1) is 0 Å². The molecular weight excluding hydrogens is 484 g/mol. The highest BCUT2D eigenvalue weighted by Gasteiger charge is 2.18. The van der Waals surface area contributed by atoms with E-state index < -0.39 is 0 Å². The van der Waals surface area contributed by atoms with Gasteiger partial charge in [0, 0.05) is 16.7 Å². The summed E-state index contributed by atoms with van der Waals surface area (Å²) in [6, 6.07) is 51.4. The predicted molar refractivity (Wildman–Crippen MR) is 168 cm³/mol. The lowest BCUT2D eigenvalue weighted by Crippen LogP contribution is -1.98. The Morgan fingerprint density at radius 2 is 0.675 bits per heavy atom. The van der Waals surface area contributed by atoms with E-state index in [4.69, 9.17) is 9.97 Å². The first kappa shape index (κ1) is 22.6. The number of hydrogen-bond donors (Lipinski definition) is 0. The second-order valence-electron chi connectivity index (χ2n) is 10.2. The number of hydrogen-bond acceptors (Lipinski definition) is 2. The number of aromatic nitrogens is 2. The van der Waals surface area contributed by atoms with Crippen molar-refractivity contribution in [2.24, 2.45) is 0 Å². The largest absolute Gasteiger partial charge is 0.228 e. The van der Waals surface area contributed by atoms with Crippen LogP contribution in [0.2, 0.25) is 0 Å². The van der Waals surface area contributed by atoms with Crippen LogP contribution in [-0.2, 0) is 0 Å². The standard InChI is InChI=1S/C38H24N2/c1-2-12-25(13-3-1)38-39-34(36-30-18-8-4-14-26(30)22-27-15-5-9-19-31(27)36)24-35(40-38)37-32-20-10-6-16-28(32)23-29-17-7-11-21-33(29)37/h1-24H. The van der Waals surface area contributed by atoms with E-state index in [9.17, 15) is 0 Å². The molecule has 0 atom stereocenters. The van der Waals surface area contributed by atoms with E-state index in [1.807, 2.05) is 18.2 Å². The zero-order valence-electron chi connectivity index (χ0n) is 21.8. The van der Waals surface area contributed by atoms with E-state index in [0.717, 1.165) is 33.9 Å². The maximum absolute atomic E-state index is 5.25. The Morgan fingerprint density at radius 3 is 1.07 bits per heavy atom. The second-order valence-corrected chi connectivity index (χ2v) is 10.2. The average Bonchev–Trinajstić information content (AvgIpc) is 3.02. The smallest absolute Gasteiger partial charge is 0.160 e. The summed E-state index contributed by atoms with van der Waals surface area (Å²) < 4.78 is 0. The van der Waals surface area contributed by atoms with Gasteiger partial charge in [-0.05, 0) is 61.3 Å². The van der Waals surface area contributed by atoms with Crippen molar-refractivity contribution in [3.63, 3.8) is 0 Å². The average molecular weight is 509 g/mol. The minimum atomic E-state index is 0.724. The van der Waals surface area contributed by atoms with Gasteiger partial charge in [0.2, 0.25) is 0 Å². The summed E-state index contributed by atoms with van der Waals surface area (Å²) in [7, 11) is 0. The number of fused-ring (bicyclic) bond motifs is 4. The lowest BCUT2D eigenvalue weighted by molar-refractivity contribution is 1.19. The molecule has 0 fully saturated rings. The minimum Gasteiger partial charge on any atom is -0.228 e. The van der Waals surface area contributed by atoms with Crippen LogP contribution < -0.4 is 0 Å². The highest BCUT2D eigenvalue weighted by molar-refractivity contribution is 6.14. The van der Waals surface area contributed by atoms with Crippen LogP contribution in [0, 0.1) is 0 Å². The van der Waals surface area contributed by atoms with Crippen molar-refractivity contribution in [3.8, 4) is 33.9 Å². The van der Waals surface area contributed by atoms with Crippen molar-refractivity contribution >= 4 is 43.1 Å². The summed E-state index contributed by atoms with van der Waals surface area (Å²) in [4.78, 5) is 10.5. The Labute approximate surface area is 232 Å². The fourth-order valence-corrected chi connectivity index (χ4v) is 6.00. The van der Waals surface area contributed by atoms with E-state index >= 15 is 0 Å². The Hall–Kier alpha value is -5.34. The molecule has 0 radical (unpaired) electrons. The van der Waals surface area contributed by atoms with Gasteiger partial charge in [0.05, 0.1) is 11.4 Å². The molecule has 2 nitrogen and oxygen atoms in total. The van der Waals surface area contributed by atoms with Crippen LogP contribution in [0.3, 0.4) is 0 Å². The first-order valence-corrected chi connectivity index (χ1v) is 13.6. The van der Waals surface area contributed by atoms with E-state index in [2.05, 4.69) is 127 Å². The fraction of sp³-hybridized carbons (Fsp3) is 0. The number of benzene rings is 7. The van der Waals surface area contributed by atoms with Gasteiger partial charge in [0.25, 0.3) is 0 Å². The summed E-state index contributed by atoms with van der Waals surface area (Å²) in [5.74, 6) is 0.724. The molecule has 0 N–H and O–H groups in total. The Kier molecular flexibility index (Phi) is 5.17.